The van der Waals surface area contributed by atoms with Crippen LogP contribution in [0.4, 0.5) is 5.69 Å². The van der Waals surface area contributed by atoms with Crippen molar-refractivity contribution in [3.8, 4) is 0 Å². The molecule has 5 heteroatoms. The maximum absolute atomic E-state index is 6.20. The predicted octanol–water partition coefficient (Wildman–Crippen LogP) is 5.35. The van der Waals surface area contributed by atoms with Crippen molar-refractivity contribution in [1.29, 1.82) is 0 Å². The first-order valence-corrected chi connectivity index (χ1v) is 7.71. The first-order chi connectivity index (χ1) is 9.95. The zero-order valence-electron chi connectivity index (χ0n) is 11.8. The van der Waals surface area contributed by atoms with E-state index >= 15 is 0 Å². The lowest BCUT2D eigenvalue weighted by Crippen LogP contribution is -2.31. The summed E-state index contributed by atoms with van der Waals surface area (Å²) < 4.78 is 0. The summed E-state index contributed by atoms with van der Waals surface area (Å²) in [5.41, 5.74) is 3.11. The number of nitrogens with one attached hydrogen (secondary N) is 2. The molecule has 0 amide bonds. The van der Waals surface area contributed by atoms with Crippen molar-refractivity contribution >= 4 is 46.2 Å². The maximum atomic E-state index is 6.20. The molecular formula is C16H16Cl2N2S. The molecule has 2 aromatic rings. The van der Waals surface area contributed by atoms with Crippen LogP contribution in [0, 0.1) is 6.92 Å². The second kappa shape index (κ2) is 7.12. The average molecular weight is 339 g/mol. The van der Waals surface area contributed by atoms with Crippen LogP contribution < -0.4 is 10.6 Å². The van der Waals surface area contributed by atoms with E-state index in [1.807, 2.05) is 50.2 Å². The summed E-state index contributed by atoms with van der Waals surface area (Å²) >= 11 is 17.4. The molecule has 0 unspecified atom stereocenters. The molecule has 21 heavy (non-hydrogen) atoms. The molecule has 110 valence electrons. The van der Waals surface area contributed by atoms with Crippen LogP contribution in [0.3, 0.4) is 0 Å². The van der Waals surface area contributed by atoms with E-state index in [-0.39, 0.29) is 6.04 Å². The van der Waals surface area contributed by atoms with Crippen molar-refractivity contribution in [3.05, 3.63) is 63.6 Å². The molecule has 1 atom stereocenters. The van der Waals surface area contributed by atoms with Gasteiger partial charge in [-0.25, -0.2) is 0 Å². The standard InChI is InChI=1S/C16H16Cl2N2S/c1-10-3-6-13(7-4-10)20-16(21)19-11(2)14-8-5-12(17)9-15(14)18/h3-9,11H,1-2H3,(H2,19,20,21)/t11-/m0/s1. The molecule has 0 aliphatic carbocycles. The van der Waals surface area contributed by atoms with Crippen LogP contribution in [0.2, 0.25) is 10.0 Å². The van der Waals surface area contributed by atoms with Crippen molar-refractivity contribution in [2.75, 3.05) is 5.32 Å². The monoisotopic (exact) mass is 338 g/mol. The molecule has 0 aliphatic heterocycles. The number of thiocarbonyl (C=S) groups is 1. The Morgan fingerprint density at radius 1 is 1.10 bits per heavy atom. The fraction of sp³-hybridized carbons (Fsp3) is 0.188. The summed E-state index contributed by atoms with van der Waals surface area (Å²) in [5.74, 6) is 0. The number of halogens is 2. The largest absolute Gasteiger partial charge is 0.356 e. The number of aryl methyl sites for hydroxylation is 1. The van der Waals surface area contributed by atoms with E-state index in [1.54, 1.807) is 6.07 Å². The topological polar surface area (TPSA) is 24.1 Å². The zero-order chi connectivity index (χ0) is 15.4. The third-order valence-corrected chi connectivity index (χ3v) is 3.87. The highest BCUT2D eigenvalue weighted by atomic mass is 35.5. The van der Waals surface area contributed by atoms with Gasteiger partial charge in [-0.2, -0.15) is 0 Å². The smallest absolute Gasteiger partial charge is 0.171 e. The van der Waals surface area contributed by atoms with Crippen molar-refractivity contribution in [2.24, 2.45) is 0 Å². The van der Waals surface area contributed by atoms with Crippen LogP contribution in [-0.2, 0) is 0 Å². The van der Waals surface area contributed by atoms with Gasteiger partial charge in [-0.1, -0.05) is 47.0 Å². The Balaban J connectivity index is 2.00. The molecule has 2 N–H and O–H groups in total. The van der Waals surface area contributed by atoms with Gasteiger partial charge in [0.25, 0.3) is 0 Å². The number of anilines is 1. The number of benzene rings is 2. The number of rotatable bonds is 3. The van der Waals surface area contributed by atoms with Gasteiger partial charge in [-0.3, -0.25) is 0 Å². The molecule has 0 aliphatic rings. The molecule has 2 rings (SSSR count). The minimum Gasteiger partial charge on any atom is -0.356 e. The number of hydrogen-bond donors (Lipinski definition) is 2. The molecule has 2 nitrogen and oxygen atoms in total. The van der Waals surface area contributed by atoms with E-state index in [4.69, 9.17) is 35.4 Å². The fourth-order valence-electron chi connectivity index (χ4n) is 1.93. The third kappa shape index (κ3) is 4.60. The van der Waals surface area contributed by atoms with Gasteiger partial charge in [0.05, 0.1) is 6.04 Å². The Morgan fingerprint density at radius 3 is 2.38 bits per heavy atom. The molecular weight excluding hydrogens is 323 g/mol. The summed E-state index contributed by atoms with van der Waals surface area (Å²) in [6.45, 7) is 4.04. The Hall–Kier alpha value is -1.29. The quantitative estimate of drug-likeness (QED) is 0.737. The second-order valence-corrected chi connectivity index (χ2v) is 6.10. The summed E-state index contributed by atoms with van der Waals surface area (Å²) in [5, 5.41) is 8.16. The van der Waals surface area contributed by atoms with Crippen molar-refractivity contribution < 1.29 is 0 Å². The second-order valence-electron chi connectivity index (χ2n) is 4.85. The lowest BCUT2D eigenvalue weighted by atomic mass is 10.1. The minimum absolute atomic E-state index is 0.0137. The maximum Gasteiger partial charge on any atom is 0.171 e. The SMILES string of the molecule is Cc1ccc(NC(=S)N[C@@H](C)c2ccc(Cl)cc2Cl)cc1. The van der Waals surface area contributed by atoms with Gasteiger partial charge in [0.2, 0.25) is 0 Å². The predicted molar refractivity (Wildman–Crippen MR) is 95.4 cm³/mol. The van der Waals surface area contributed by atoms with Gasteiger partial charge < -0.3 is 10.6 Å². The van der Waals surface area contributed by atoms with Crippen molar-refractivity contribution in [2.45, 2.75) is 19.9 Å². The van der Waals surface area contributed by atoms with Gasteiger partial charge in [0, 0.05) is 15.7 Å². The van der Waals surface area contributed by atoms with Crippen LogP contribution in [0.1, 0.15) is 24.1 Å². The molecule has 0 bridgehead atoms. The Labute approximate surface area is 140 Å². The summed E-state index contributed by atoms with van der Waals surface area (Å²) in [4.78, 5) is 0. The van der Waals surface area contributed by atoms with Gasteiger partial charge >= 0.3 is 0 Å². The van der Waals surface area contributed by atoms with E-state index in [0.717, 1.165) is 11.3 Å². The van der Waals surface area contributed by atoms with E-state index in [0.29, 0.717) is 15.2 Å². The van der Waals surface area contributed by atoms with E-state index in [2.05, 4.69) is 10.6 Å². The van der Waals surface area contributed by atoms with Crippen molar-refractivity contribution in [3.63, 3.8) is 0 Å². The Bertz CT molecular complexity index is 641. The lowest BCUT2D eigenvalue weighted by Gasteiger charge is -2.18. The average Bonchev–Trinajstić information content (AvgIpc) is 2.41. The summed E-state index contributed by atoms with van der Waals surface area (Å²) in [7, 11) is 0. The van der Waals surface area contributed by atoms with Gasteiger partial charge in [-0.15, -0.1) is 0 Å². The van der Waals surface area contributed by atoms with Crippen LogP contribution in [0.25, 0.3) is 0 Å². The van der Waals surface area contributed by atoms with Gasteiger partial charge in [-0.05, 0) is 55.9 Å². The molecule has 0 radical (unpaired) electrons. The fourth-order valence-corrected chi connectivity index (χ4v) is 2.80. The molecule has 0 spiro atoms. The van der Waals surface area contributed by atoms with E-state index < -0.39 is 0 Å². The Morgan fingerprint density at radius 2 is 1.76 bits per heavy atom. The molecule has 2 aromatic carbocycles. The molecule has 0 fully saturated rings. The number of hydrogen-bond acceptors (Lipinski definition) is 1. The molecule has 0 saturated heterocycles. The Kier molecular flexibility index (Phi) is 5.45. The van der Waals surface area contributed by atoms with E-state index in [1.165, 1.54) is 5.56 Å². The highest BCUT2D eigenvalue weighted by molar-refractivity contribution is 7.80. The molecule has 0 aromatic heterocycles. The first-order valence-electron chi connectivity index (χ1n) is 6.55. The lowest BCUT2D eigenvalue weighted by molar-refractivity contribution is 0.723. The normalized spacial score (nSPS) is 11.8. The first kappa shape index (κ1) is 16.1. The van der Waals surface area contributed by atoms with Crippen molar-refractivity contribution in [1.82, 2.24) is 5.32 Å². The highest BCUT2D eigenvalue weighted by Gasteiger charge is 2.11. The highest BCUT2D eigenvalue weighted by Crippen LogP contribution is 2.26. The third-order valence-electron chi connectivity index (χ3n) is 3.09. The zero-order valence-corrected chi connectivity index (χ0v) is 14.1. The summed E-state index contributed by atoms with van der Waals surface area (Å²) in [6.07, 6.45) is 0. The minimum atomic E-state index is -0.0137. The van der Waals surface area contributed by atoms with Crippen LogP contribution >= 0.6 is 35.4 Å². The van der Waals surface area contributed by atoms with Crippen LogP contribution in [-0.4, -0.2) is 5.11 Å². The van der Waals surface area contributed by atoms with Crippen LogP contribution in [0.5, 0.6) is 0 Å². The molecule has 0 saturated carbocycles. The van der Waals surface area contributed by atoms with E-state index in [9.17, 15) is 0 Å². The van der Waals surface area contributed by atoms with Crippen LogP contribution in [0.15, 0.2) is 42.5 Å². The molecule has 0 heterocycles. The van der Waals surface area contributed by atoms with Gasteiger partial charge in [0.15, 0.2) is 5.11 Å². The van der Waals surface area contributed by atoms with Gasteiger partial charge in [0.1, 0.15) is 0 Å². The summed E-state index contributed by atoms with van der Waals surface area (Å²) in [6, 6.07) is 13.5.